The lowest BCUT2D eigenvalue weighted by Crippen LogP contribution is -2.38. The van der Waals surface area contributed by atoms with Crippen molar-refractivity contribution < 1.29 is 5.11 Å². The molecule has 0 unspecified atom stereocenters. The van der Waals surface area contributed by atoms with Crippen LogP contribution in [0, 0.1) is 5.41 Å². The molecule has 9 heavy (non-hydrogen) atoms. The summed E-state index contributed by atoms with van der Waals surface area (Å²) in [6.45, 7) is 4.09. The van der Waals surface area contributed by atoms with Crippen LogP contribution < -0.4 is 0 Å². The van der Waals surface area contributed by atoms with Crippen molar-refractivity contribution in [2.75, 3.05) is 0 Å². The highest BCUT2D eigenvalue weighted by Gasteiger charge is 2.39. The van der Waals surface area contributed by atoms with E-state index in [2.05, 4.69) is 6.92 Å². The molecule has 0 radical (unpaired) electrons. The summed E-state index contributed by atoms with van der Waals surface area (Å²) in [6.07, 6.45) is 4.85. The molecular weight excluding hydrogens is 112 g/mol. The maximum Gasteiger partial charge on any atom is 0.0568 e. The molecule has 1 nitrogen and oxygen atoms in total. The van der Waals surface area contributed by atoms with Crippen molar-refractivity contribution in [2.45, 2.75) is 45.6 Å². The van der Waals surface area contributed by atoms with Crippen molar-refractivity contribution >= 4 is 0 Å². The zero-order chi connectivity index (χ0) is 6.91. The molecule has 1 heteroatoms. The fraction of sp³-hybridized carbons (Fsp3) is 1.00. The smallest absolute Gasteiger partial charge is 0.0568 e. The standard InChI is InChI=1S/C8H16O/c1-3-8(7(2)9)5-4-6-8/h7,9H,3-6H2,1-2H3/t7-/m1/s1. The van der Waals surface area contributed by atoms with Gasteiger partial charge in [0.2, 0.25) is 0 Å². The van der Waals surface area contributed by atoms with Gasteiger partial charge >= 0.3 is 0 Å². The van der Waals surface area contributed by atoms with Crippen molar-refractivity contribution in [3.63, 3.8) is 0 Å². The molecule has 0 saturated heterocycles. The molecule has 0 aromatic carbocycles. The highest BCUT2D eigenvalue weighted by molar-refractivity contribution is 4.90. The summed E-state index contributed by atoms with van der Waals surface area (Å²) in [4.78, 5) is 0. The molecule has 1 N–H and O–H groups in total. The first-order valence-electron chi connectivity index (χ1n) is 3.89. The van der Waals surface area contributed by atoms with Crippen molar-refractivity contribution in [3.8, 4) is 0 Å². The summed E-state index contributed by atoms with van der Waals surface area (Å²) < 4.78 is 0. The minimum absolute atomic E-state index is 0.0868. The van der Waals surface area contributed by atoms with Crippen LogP contribution in [0.4, 0.5) is 0 Å². The van der Waals surface area contributed by atoms with Gasteiger partial charge in [-0.2, -0.15) is 0 Å². The Hall–Kier alpha value is -0.0400. The van der Waals surface area contributed by atoms with E-state index in [4.69, 9.17) is 0 Å². The van der Waals surface area contributed by atoms with E-state index >= 15 is 0 Å². The fourth-order valence-electron chi connectivity index (χ4n) is 1.70. The van der Waals surface area contributed by atoms with Gasteiger partial charge in [-0.1, -0.05) is 13.3 Å². The average molecular weight is 128 g/mol. The van der Waals surface area contributed by atoms with Gasteiger partial charge in [-0.3, -0.25) is 0 Å². The predicted molar refractivity (Wildman–Crippen MR) is 38.3 cm³/mol. The van der Waals surface area contributed by atoms with Crippen LogP contribution in [0.2, 0.25) is 0 Å². The molecule has 1 aliphatic rings. The maximum absolute atomic E-state index is 9.32. The van der Waals surface area contributed by atoms with E-state index in [9.17, 15) is 5.11 Å². The molecular formula is C8H16O. The summed E-state index contributed by atoms with van der Waals surface area (Å²) >= 11 is 0. The summed E-state index contributed by atoms with van der Waals surface area (Å²) in [6, 6.07) is 0. The normalized spacial score (nSPS) is 27.0. The quantitative estimate of drug-likeness (QED) is 0.602. The van der Waals surface area contributed by atoms with Crippen LogP contribution in [-0.2, 0) is 0 Å². The third-order valence-electron chi connectivity index (χ3n) is 2.94. The Kier molecular flexibility index (Phi) is 1.80. The first-order valence-corrected chi connectivity index (χ1v) is 3.89. The molecule has 0 bridgehead atoms. The molecule has 1 rings (SSSR count). The second kappa shape index (κ2) is 2.30. The molecule has 0 aliphatic heterocycles. The second-order valence-electron chi connectivity index (χ2n) is 3.25. The minimum atomic E-state index is -0.0868. The van der Waals surface area contributed by atoms with Gasteiger partial charge in [-0.15, -0.1) is 0 Å². The van der Waals surface area contributed by atoms with Crippen LogP contribution in [0.3, 0.4) is 0 Å². The number of hydrogen-bond donors (Lipinski definition) is 1. The zero-order valence-corrected chi connectivity index (χ0v) is 6.35. The lowest BCUT2D eigenvalue weighted by molar-refractivity contribution is -0.0259. The Morgan fingerprint density at radius 2 is 2.11 bits per heavy atom. The van der Waals surface area contributed by atoms with E-state index in [-0.39, 0.29) is 6.10 Å². The molecule has 0 heterocycles. The van der Waals surface area contributed by atoms with E-state index < -0.39 is 0 Å². The van der Waals surface area contributed by atoms with E-state index in [1.807, 2.05) is 6.92 Å². The number of rotatable bonds is 2. The Morgan fingerprint density at radius 3 is 2.11 bits per heavy atom. The highest BCUT2D eigenvalue weighted by atomic mass is 16.3. The highest BCUT2D eigenvalue weighted by Crippen LogP contribution is 2.46. The second-order valence-corrected chi connectivity index (χ2v) is 3.25. The van der Waals surface area contributed by atoms with Gasteiger partial charge in [0.25, 0.3) is 0 Å². The average Bonchev–Trinajstić information content (AvgIpc) is 1.62. The SMILES string of the molecule is CCC1([C@@H](C)O)CCC1. The van der Waals surface area contributed by atoms with Crippen molar-refractivity contribution in [1.29, 1.82) is 0 Å². The monoisotopic (exact) mass is 128 g/mol. The van der Waals surface area contributed by atoms with Gasteiger partial charge in [0.15, 0.2) is 0 Å². The first-order chi connectivity index (χ1) is 4.21. The predicted octanol–water partition coefficient (Wildman–Crippen LogP) is 1.95. The summed E-state index contributed by atoms with van der Waals surface area (Å²) in [5, 5.41) is 9.32. The van der Waals surface area contributed by atoms with Crippen LogP contribution in [0.1, 0.15) is 39.5 Å². The van der Waals surface area contributed by atoms with Gasteiger partial charge in [-0.25, -0.2) is 0 Å². The van der Waals surface area contributed by atoms with Gasteiger partial charge in [0, 0.05) is 0 Å². The number of aliphatic hydroxyl groups excluding tert-OH is 1. The molecule has 54 valence electrons. The zero-order valence-electron chi connectivity index (χ0n) is 6.35. The Morgan fingerprint density at radius 1 is 1.56 bits per heavy atom. The lowest BCUT2D eigenvalue weighted by atomic mass is 9.64. The molecule has 0 spiro atoms. The van der Waals surface area contributed by atoms with E-state index in [1.54, 1.807) is 0 Å². The number of hydrogen-bond acceptors (Lipinski definition) is 1. The summed E-state index contributed by atoms with van der Waals surface area (Å²) in [7, 11) is 0. The maximum atomic E-state index is 9.32. The van der Waals surface area contributed by atoms with Crippen LogP contribution in [0.15, 0.2) is 0 Å². The topological polar surface area (TPSA) is 20.2 Å². The molecule has 1 fully saturated rings. The van der Waals surface area contributed by atoms with Crippen LogP contribution in [0.5, 0.6) is 0 Å². The number of aliphatic hydroxyl groups is 1. The fourth-order valence-corrected chi connectivity index (χ4v) is 1.70. The molecule has 1 aliphatic carbocycles. The first kappa shape index (κ1) is 7.07. The Labute approximate surface area is 57.1 Å². The van der Waals surface area contributed by atoms with E-state index in [0.29, 0.717) is 5.41 Å². The molecule has 1 atom stereocenters. The molecule has 1 saturated carbocycles. The van der Waals surface area contributed by atoms with E-state index in [1.165, 1.54) is 19.3 Å². The van der Waals surface area contributed by atoms with Crippen molar-refractivity contribution in [2.24, 2.45) is 5.41 Å². The molecule has 0 aromatic heterocycles. The van der Waals surface area contributed by atoms with Crippen LogP contribution >= 0.6 is 0 Å². The minimum Gasteiger partial charge on any atom is -0.393 e. The molecule has 0 amide bonds. The van der Waals surface area contributed by atoms with Crippen LogP contribution in [0.25, 0.3) is 0 Å². The summed E-state index contributed by atoms with van der Waals surface area (Å²) in [5.74, 6) is 0. The van der Waals surface area contributed by atoms with E-state index in [0.717, 1.165) is 6.42 Å². The Bertz CT molecular complexity index is 87.2. The third kappa shape index (κ3) is 0.983. The van der Waals surface area contributed by atoms with Crippen LogP contribution in [-0.4, -0.2) is 11.2 Å². The summed E-state index contributed by atoms with van der Waals surface area (Å²) in [5.41, 5.74) is 0.319. The van der Waals surface area contributed by atoms with Gasteiger partial charge < -0.3 is 5.11 Å². The lowest BCUT2D eigenvalue weighted by Gasteiger charge is -2.43. The van der Waals surface area contributed by atoms with Gasteiger partial charge in [0.1, 0.15) is 0 Å². The van der Waals surface area contributed by atoms with Gasteiger partial charge in [0.05, 0.1) is 6.10 Å². The third-order valence-corrected chi connectivity index (χ3v) is 2.94. The Balaban J connectivity index is 2.46. The van der Waals surface area contributed by atoms with Crippen molar-refractivity contribution in [3.05, 3.63) is 0 Å². The van der Waals surface area contributed by atoms with Crippen molar-refractivity contribution in [1.82, 2.24) is 0 Å². The van der Waals surface area contributed by atoms with Gasteiger partial charge in [-0.05, 0) is 31.6 Å². The molecule has 0 aromatic rings. The largest absolute Gasteiger partial charge is 0.393 e.